The van der Waals surface area contributed by atoms with Crippen molar-refractivity contribution < 1.29 is 13.0 Å². The Balaban J connectivity index is 1.97. The molecule has 0 radical (unpaired) electrons. The van der Waals surface area contributed by atoms with Gasteiger partial charge in [0.15, 0.2) is 0 Å². The molecule has 1 heterocycles. The molecule has 8 heteroatoms. The van der Waals surface area contributed by atoms with Gasteiger partial charge in [0, 0.05) is 6.42 Å². The van der Waals surface area contributed by atoms with Crippen molar-refractivity contribution in [3.8, 4) is 0 Å². The first-order valence-corrected chi connectivity index (χ1v) is 10.8. The minimum absolute atomic E-state index is 0.116. The lowest BCUT2D eigenvalue weighted by molar-refractivity contribution is 0.489. The first kappa shape index (κ1) is 20.3. The van der Waals surface area contributed by atoms with E-state index >= 15 is 0 Å². The minimum Gasteiger partial charge on any atom is -0.269 e. The van der Waals surface area contributed by atoms with Crippen LogP contribution in [0.4, 0.5) is 5.13 Å². The molecular weight excluding hydrogens is 334 g/mol. The highest BCUT2D eigenvalue weighted by Crippen LogP contribution is 2.19. The van der Waals surface area contributed by atoms with E-state index in [1.54, 1.807) is 0 Å². The molecule has 0 aliphatic rings. The van der Waals surface area contributed by atoms with Crippen LogP contribution in [0, 0.1) is 0 Å². The van der Waals surface area contributed by atoms with Gasteiger partial charge in [-0.15, -0.1) is 10.2 Å². The Kier molecular flexibility index (Phi) is 10.4. The third-order valence-corrected chi connectivity index (χ3v) is 5.16. The second-order valence-electron chi connectivity index (χ2n) is 5.86. The third kappa shape index (κ3) is 11.4. The molecule has 134 valence electrons. The molecule has 0 aromatic carbocycles. The Labute approximate surface area is 144 Å². The summed E-state index contributed by atoms with van der Waals surface area (Å²) in [5.74, 6) is 0. The van der Waals surface area contributed by atoms with Crippen LogP contribution in [0.1, 0.15) is 82.6 Å². The smallest absolute Gasteiger partial charge is 0.269 e. The Morgan fingerprint density at radius 2 is 1.43 bits per heavy atom. The number of hydrogen-bond acceptors (Lipinski definition) is 5. The highest BCUT2D eigenvalue weighted by atomic mass is 32.2. The van der Waals surface area contributed by atoms with E-state index in [0.717, 1.165) is 24.3 Å². The van der Waals surface area contributed by atoms with Crippen LogP contribution in [0.5, 0.6) is 0 Å². The molecule has 0 saturated carbocycles. The molecule has 1 rings (SSSR count). The van der Waals surface area contributed by atoms with Crippen molar-refractivity contribution in [3.63, 3.8) is 0 Å². The Morgan fingerprint density at radius 3 is 1.96 bits per heavy atom. The monoisotopic (exact) mass is 363 g/mol. The average molecular weight is 364 g/mol. The van der Waals surface area contributed by atoms with Crippen LogP contribution in [0.3, 0.4) is 0 Å². The Morgan fingerprint density at radius 1 is 0.913 bits per heavy atom. The molecule has 0 fully saturated rings. The van der Waals surface area contributed by atoms with Crippen LogP contribution in [0.2, 0.25) is 0 Å². The Bertz CT molecular complexity index is 518. The molecule has 0 aliphatic carbocycles. The number of unbranched alkanes of at least 4 members (excludes halogenated alkanes) is 10. The highest BCUT2D eigenvalue weighted by molar-refractivity contribution is 7.87. The van der Waals surface area contributed by atoms with E-state index in [-0.39, 0.29) is 5.13 Å². The van der Waals surface area contributed by atoms with Gasteiger partial charge in [0.25, 0.3) is 0 Å². The van der Waals surface area contributed by atoms with Crippen molar-refractivity contribution in [1.29, 1.82) is 0 Å². The molecule has 0 aliphatic heterocycles. The molecule has 0 bridgehead atoms. The number of rotatable bonds is 14. The SMILES string of the molecule is CCCCCCCCCCCCCc1nnc(NS(=O)(=O)O)s1. The third-order valence-electron chi connectivity index (χ3n) is 3.68. The summed E-state index contributed by atoms with van der Waals surface area (Å²) in [4.78, 5) is 0. The van der Waals surface area contributed by atoms with E-state index in [2.05, 4.69) is 17.1 Å². The topological polar surface area (TPSA) is 92.2 Å². The molecule has 0 spiro atoms. The zero-order chi connectivity index (χ0) is 17.0. The second-order valence-corrected chi connectivity index (χ2v) is 8.08. The van der Waals surface area contributed by atoms with Crippen molar-refractivity contribution in [2.45, 2.75) is 84.0 Å². The zero-order valence-corrected chi connectivity index (χ0v) is 15.6. The standard InChI is InChI=1S/C15H29N3O3S2/c1-2-3-4-5-6-7-8-9-10-11-12-13-14-16-17-15(22-14)18-23(19,20)21/h2-13H2,1H3,(H,17,18)(H,19,20,21). The van der Waals surface area contributed by atoms with Gasteiger partial charge in [-0.05, 0) is 6.42 Å². The number of anilines is 1. The van der Waals surface area contributed by atoms with E-state index in [1.165, 1.54) is 69.1 Å². The van der Waals surface area contributed by atoms with E-state index in [1.807, 2.05) is 4.72 Å². The highest BCUT2D eigenvalue weighted by Gasteiger charge is 2.09. The summed E-state index contributed by atoms with van der Waals surface area (Å²) < 4.78 is 31.9. The van der Waals surface area contributed by atoms with E-state index in [9.17, 15) is 8.42 Å². The van der Waals surface area contributed by atoms with Crippen molar-refractivity contribution in [3.05, 3.63) is 5.01 Å². The molecule has 0 saturated heterocycles. The molecule has 0 amide bonds. The zero-order valence-electron chi connectivity index (χ0n) is 14.0. The van der Waals surface area contributed by atoms with Gasteiger partial charge in [-0.2, -0.15) is 8.42 Å². The van der Waals surface area contributed by atoms with Gasteiger partial charge in [-0.25, -0.2) is 4.72 Å². The van der Waals surface area contributed by atoms with Crippen molar-refractivity contribution in [1.82, 2.24) is 10.2 Å². The van der Waals surface area contributed by atoms with Crippen LogP contribution in [0.25, 0.3) is 0 Å². The number of nitrogens with zero attached hydrogens (tertiary/aromatic N) is 2. The summed E-state index contributed by atoms with van der Waals surface area (Å²) >= 11 is 1.17. The van der Waals surface area contributed by atoms with Crippen molar-refractivity contribution in [2.75, 3.05) is 4.72 Å². The molecule has 0 atom stereocenters. The first-order chi connectivity index (χ1) is 11.0. The number of aryl methyl sites for hydroxylation is 1. The maximum atomic E-state index is 10.7. The molecule has 23 heavy (non-hydrogen) atoms. The van der Waals surface area contributed by atoms with Crippen molar-refractivity contribution in [2.24, 2.45) is 0 Å². The molecule has 1 aromatic rings. The van der Waals surface area contributed by atoms with Gasteiger partial charge in [0.2, 0.25) is 5.13 Å². The van der Waals surface area contributed by atoms with Crippen molar-refractivity contribution >= 4 is 26.8 Å². The van der Waals surface area contributed by atoms with Gasteiger partial charge >= 0.3 is 10.3 Å². The van der Waals surface area contributed by atoms with E-state index < -0.39 is 10.3 Å². The summed E-state index contributed by atoms with van der Waals surface area (Å²) in [6.07, 6.45) is 15.0. The maximum Gasteiger partial charge on any atom is 0.359 e. The van der Waals surface area contributed by atoms with E-state index in [0.29, 0.717) is 0 Å². The Hall–Kier alpha value is -0.730. The predicted molar refractivity (Wildman–Crippen MR) is 95.2 cm³/mol. The normalized spacial score (nSPS) is 11.7. The summed E-state index contributed by atoms with van der Waals surface area (Å²) in [6.45, 7) is 2.24. The summed E-state index contributed by atoms with van der Waals surface area (Å²) in [6, 6.07) is 0. The number of nitrogens with one attached hydrogen (secondary N) is 1. The summed E-state index contributed by atoms with van der Waals surface area (Å²) in [5, 5.41) is 8.52. The minimum atomic E-state index is -4.25. The average Bonchev–Trinajstić information content (AvgIpc) is 2.90. The predicted octanol–water partition coefficient (Wildman–Crippen LogP) is 4.61. The van der Waals surface area contributed by atoms with Crippen LogP contribution >= 0.6 is 11.3 Å². The largest absolute Gasteiger partial charge is 0.359 e. The van der Waals surface area contributed by atoms with Gasteiger partial charge in [0.05, 0.1) is 0 Å². The molecule has 1 aromatic heterocycles. The molecule has 6 nitrogen and oxygen atoms in total. The number of hydrogen-bond donors (Lipinski definition) is 2. The molecular formula is C15H29N3O3S2. The van der Waals surface area contributed by atoms with Crippen LogP contribution < -0.4 is 4.72 Å². The van der Waals surface area contributed by atoms with Gasteiger partial charge in [-0.3, -0.25) is 4.55 Å². The lowest BCUT2D eigenvalue weighted by Gasteiger charge is -2.01. The van der Waals surface area contributed by atoms with Crippen LogP contribution in [-0.4, -0.2) is 23.2 Å². The molecule has 0 unspecified atom stereocenters. The maximum absolute atomic E-state index is 10.7. The fraction of sp³-hybridized carbons (Fsp3) is 0.867. The fourth-order valence-electron chi connectivity index (χ4n) is 2.45. The van der Waals surface area contributed by atoms with Crippen LogP contribution in [0.15, 0.2) is 0 Å². The first-order valence-electron chi connectivity index (χ1n) is 8.59. The number of aromatic nitrogens is 2. The van der Waals surface area contributed by atoms with Gasteiger partial charge in [0.1, 0.15) is 5.01 Å². The van der Waals surface area contributed by atoms with Gasteiger partial charge in [-0.1, -0.05) is 82.5 Å². The van der Waals surface area contributed by atoms with E-state index in [4.69, 9.17) is 4.55 Å². The summed E-state index contributed by atoms with van der Waals surface area (Å²) in [5.41, 5.74) is 0. The quantitative estimate of drug-likeness (QED) is 0.372. The second kappa shape index (κ2) is 11.8. The summed E-state index contributed by atoms with van der Waals surface area (Å²) in [7, 11) is -4.25. The van der Waals surface area contributed by atoms with Gasteiger partial charge < -0.3 is 0 Å². The van der Waals surface area contributed by atoms with Crippen LogP contribution in [-0.2, 0) is 16.7 Å². The fourth-order valence-corrected chi connectivity index (χ4v) is 3.82. The lowest BCUT2D eigenvalue weighted by atomic mass is 10.1. The molecule has 2 N–H and O–H groups in total. The lowest BCUT2D eigenvalue weighted by Crippen LogP contribution is -2.09.